The van der Waals surface area contributed by atoms with Crippen LogP contribution >= 0.6 is 11.6 Å². The lowest BCUT2D eigenvalue weighted by Gasteiger charge is -2.10. The van der Waals surface area contributed by atoms with Crippen molar-refractivity contribution in [1.29, 1.82) is 0 Å². The Bertz CT molecular complexity index is 903. The monoisotopic (exact) mass is 399 g/mol. The number of carbonyl (C=O) groups excluding carboxylic acids is 2. The first kappa shape index (κ1) is 20.1. The maximum Gasteiger partial charge on any atom is 0.337 e. The van der Waals surface area contributed by atoms with E-state index < -0.39 is 11.9 Å². The molecule has 0 bridgehead atoms. The molecule has 0 aliphatic heterocycles. The number of carbonyl (C=O) groups is 3. The molecule has 0 saturated heterocycles. The van der Waals surface area contributed by atoms with Gasteiger partial charge in [-0.2, -0.15) is 0 Å². The molecule has 2 aromatic rings. The second-order valence-electron chi connectivity index (χ2n) is 7.14. The van der Waals surface area contributed by atoms with Crippen LogP contribution in [0, 0.1) is 5.92 Å². The first-order valence-corrected chi connectivity index (χ1v) is 9.79. The predicted octanol–water partition coefficient (Wildman–Crippen LogP) is 5.44. The molecule has 1 aliphatic carbocycles. The molecule has 2 aromatic carbocycles. The molecule has 146 valence electrons. The number of hydrogen-bond acceptors (Lipinski definition) is 3. The molecule has 3 rings (SSSR count). The lowest BCUT2D eigenvalue weighted by atomic mass is 9.97. The van der Waals surface area contributed by atoms with E-state index in [1.807, 2.05) is 0 Å². The zero-order valence-electron chi connectivity index (χ0n) is 15.4. The molecule has 1 saturated carbocycles. The molecule has 0 radical (unpaired) electrons. The lowest BCUT2D eigenvalue weighted by Crippen LogP contribution is -2.15. The van der Waals surface area contributed by atoms with Gasteiger partial charge in [0.25, 0.3) is 5.91 Å². The van der Waals surface area contributed by atoms with Crippen molar-refractivity contribution in [2.45, 2.75) is 38.5 Å². The summed E-state index contributed by atoms with van der Waals surface area (Å²) in [6.45, 7) is 0. The van der Waals surface area contributed by atoms with Crippen LogP contribution in [-0.2, 0) is 0 Å². The summed E-state index contributed by atoms with van der Waals surface area (Å²) in [7, 11) is 0. The summed E-state index contributed by atoms with van der Waals surface area (Å²) in [6, 6.07) is 10.8. The highest BCUT2D eigenvalue weighted by atomic mass is 35.5. The van der Waals surface area contributed by atoms with Crippen molar-refractivity contribution in [3.63, 3.8) is 0 Å². The van der Waals surface area contributed by atoms with Crippen molar-refractivity contribution in [1.82, 2.24) is 0 Å². The summed E-state index contributed by atoms with van der Waals surface area (Å²) in [4.78, 5) is 36.4. The number of anilines is 1. The first-order chi connectivity index (χ1) is 13.4. The van der Waals surface area contributed by atoms with Gasteiger partial charge in [0.15, 0.2) is 5.78 Å². The summed E-state index contributed by atoms with van der Waals surface area (Å²) in [6.07, 6.45) is 6.26. The summed E-state index contributed by atoms with van der Waals surface area (Å²) < 4.78 is 0. The zero-order chi connectivity index (χ0) is 20.1. The van der Waals surface area contributed by atoms with Gasteiger partial charge < -0.3 is 10.4 Å². The molecular weight excluding hydrogens is 378 g/mol. The quantitative estimate of drug-likeness (QED) is 0.607. The Morgan fingerprint density at radius 1 is 1.04 bits per heavy atom. The summed E-state index contributed by atoms with van der Waals surface area (Å²) in [5.74, 6) is -1.00. The van der Waals surface area contributed by atoms with Gasteiger partial charge in [0.05, 0.1) is 11.3 Å². The molecule has 0 unspecified atom stereocenters. The Kier molecular flexibility index (Phi) is 6.47. The van der Waals surface area contributed by atoms with E-state index in [1.54, 1.807) is 24.3 Å². The minimum atomic E-state index is -1.19. The highest BCUT2D eigenvalue weighted by Crippen LogP contribution is 2.29. The molecule has 28 heavy (non-hydrogen) atoms. The fourth-order valence-electron chi connectivity index (χ4n) is 3.61. The molecular formula is C22H22ClNO4. The number of carboxylic acids is 1. The smallest absolute Gasteiger partial charge is 0.337 e. The maximum atomic E-state index is 12.6. The minimum Gasteiger partial charge on any atom is -0.478 e. The van der Waals surface area contributed by atoms with Gasteiger partial charge in [-0.05, 0) is 42.7 Å². The summed E-state index contributed by atoms with van der Waals surface area (Å²) >= 11 is 5.83. The van der Waals surface area contributed by atoms with E-state index in [-0.39, 0.29) is 22.1 Å². The van der Waals surface area contributed by atoms with Crippen LogP contribution in [0.4, 0.5) is 5.69 Å². The predicted molar refractivity (Wildman–Crippen MR) is 108 cm³/mol. The zero-order valence-corrected chi connectivity index (χ0v) is 16.2. The minimum absolute atomic E-state index is 0.0271. The van der Waals surface area contributed by atoms with E-state index >= 15 is 0 Å². The van der Waals surface area contributed by atoms with Gasteiger partial charge in [-0.25, -0.2) is 4.79 Å². The molecule has 1 aliphatic rings. The molecule has 1 amide bonds. The average molecular weight is 400 g/mol. The topological polar surface area (TPSA) is 83.5 Å². The van der Waals surface area contributed by atoms with Crippen LogP contribution in [0.3, 0.4) is 0 Å². The van der Waals surface area contributed by atoms with Crippen LogP contribution in [0.25, 0.3) is 0 Å². The number of nitrogens with one attached hydrogen (secondary N) is 1. The molecule has 0 atom stereocenters. The van der Waals surface area contributed by atoms with E-state index in [0.29, 0.717) is 23.5 Å². The third-order valence-corrected chi connectivity index (χ3v) is 5.40. The standard InChI is InChI=1S/C22H22ClNO4/c23-17-9-10-19(18(13-17)22(27)28)24-21(26)16-7-3-6-15(12-16)20(25)11-8-14-4-1-2-5-14/h3,6-7,9-10,12-14H,1-2,4-5,8,11H2,(H,24,26)(H,27,28). The van der Waals surface area contributed by atoms with Gasteiger partial charge in [0.1, 0.15) is 0 Å². The van der Waals surface area contributed by atoms with Crippen molar-refractivity contribution >= 4 is 34.9 Å². The van der Waals surface area contributed by atoms with E-state index in [9.17, 15) is 19.5 Å². The fourth-order valence-corrected chi connectivity index (χ4v) is 3.78. The molecule has 1 fully saturated rings. The van der Waals surface area contributed by atoms with Crippen molar-refractivity contribution in [3.8, 4) is 0 Å². The first-order valence-electron chi connectivity index (χ1n) is 9.41. The second-order valence-corrected chi connectivity index (χ2v) is 7.58. The number of Topliss-reactive ketones (excluding diaryl/α,β-unsaturated/α-hetero) is 1. The van der Waals surface area contributed by atoms with Crippen LogP contribution in [0.15, 0.2) is 42.5 Å². The Hall–Kier alpha value is -2.66. The van der Waals surface area contributed by atoms with Crippen molar-refractivity contribution in [2.75, 3.05) is 5.32 Å². The number of carboxylic acid groups (broad SMARTS) is 1. The third-order valence-electron chi connectivity index (χ3n) is 5.16. The van der Waals surface area contributed by atoms with Crippen LogP contribution in [0.2, 0.25) is 5.02 Å². The van der Waals surface area contributed by atoms with Crippen LogP contribution in [-0.4, -0.2) is 22.8 Å². The number of halogens is 1. The third kappa shape index (κ3) is 4.98. The Labute approximate surface area is 168 Å². The normalized spacial score (nSPS) is 14.0. The van der Waals surface area contributed by atoms with Crippen LogP contribution in [0.1, 0.15) is 69.6 Å². The van der Waals surface area contributed by atoms with E-state index in [0.717, 1.165) is 6.42 Å². The molecule has 0 spiro atoms. The van der Waals surface area contributed by atoms with Gasteiger partial charge in [-0.3, -0.25) is 9.59 Å². The number of aromatic carboxylic acids is 1. The number of amides is 1. The van der Waals surface area contributed by atoms with Crippen LogP contribution < -0.4 is 5.32 Å². The van der Waals surface area contributed by atoms with Crippen molar-refractivity contribution in [2.24, 2.45) is 5.92 Å². The van der Waals surface area contributed by atoms with Gasteiger partial charge in [0.2, 0.25) is 0 Å². The SMILES string of the molecule is O=C(CCC1CCCC1)c1cccc(C(=O)Nc2ccc(Cl)cc2C(=O)O)c1. The van der Waals surface area contributed by atoms with Gasteiger partial charge in [0, 0.05) is 22.6 Å². The molecule has 0 heterocycles. The average Bonchev–Trinajstić information content (AvgIpc) is 3.21. The molecule has 2 N–H and O–H groups in total. The second kappa shape index (κ2) is 9.02. The number of benzene rings is 2. The summed E-state index contributed by atoms with van der Waals surface area (Å²) in [5, 5.41) is 12.1. The van der Waals surface area contributed by atoms with E-state index in [1.165, 1.54) is 43.9 Å². The summed E-state index contributed by atoms with van der Waals surface area (Å²) in [5.41, 5.74) is 0.864. The maximum absolute atomic E-state index is 12.6. The van der Waals surface area contributed by atoms with Crippen molar-refractivity contribution in [3.05, 3.63) is 64.2 Å². The highest BCUT2D eigenvalue weighted by molar-refractivity contribution is 6.31. The van der Waals surface area contributed by atoms with Gasteiger partial charge in [-0.15, -0.1) is 0 Å². The van der Waals surface area contributed by atoms with E-state index in [2.05, 4.69) is 5.32 Å². The highest BCUT2D eigenvalue weighted by Gasteiger charge is 2.18. The van der Waals surface area contributed by atoms with Crippen LogP contribution in [0.5, 0.6) is 0 Å². The Morgan fingerprint density at radius 2 is 1.75 bits per heavy atom. The number of hydrogen-bond donors (Lipinski definition) is 2. The molecule has 0 aromatic heterocycles. The fraction of sp³-hybridized carbons (Fsp3) is 0.318. The lowest BCUT2D eigenvalue weighted by molar-refractivity contribution is 0.0697. The van der Waals surface area contributed by atoms with Crippen molar-refractivity contribution < 1.29 is 19.5 Å². The largest absolute Gasteiger partial charge is 0.478 e. The van der Waals surface area contributed by atoms with E-state index in [4.69, 9.17) is 11.6 Å². The Morgan fingerprint density at radius 3 is 2.46 bits per heavy atom. The van der Waals surface area contributed by atoms with Gasteiger partial charge >= 0.3 is 5.97 Å². The Balaban J connectivity index is 1.70. The molecule has 5 nitrogen and oxygen atoms in total. The molecule has 6 heteroatoms. The number of ketones is 1. The van der Waals surface area contributed by atoms with Gasteiger partial charge in [-0.1, -0.05) is 49.4 Å². The number of rotatable bonds is 7.